The highest BCUT2D eigenvalue weighted by Gasteiger charge is 2.15. The molecule has 1 N–H and O–H groups in total. The Labute approximate surface area is 140 Å². The van der Waals surface area contributed by atoms with Crippen LogP contribution in [0.5, 0.6) is 5.75 Å². The Hall–Kier alpha value is -2.27. The van der Waals surface area contributed by atoms with Gasteiger partial charge in [-0.15, -0.1) is 0 Å². The van der Waals surface area contributed by atoms with Gasteiger partial charge in [-0.25, -0.2) is 4.98 Å². The molecule has 0 aliphatic carbocycles. The predicted octanol–water partition coefficient (Wildman–Crippen LogP) is 4.65. The van der Waals surface area contributed by atoms with Gasteiger partial charge in [-0.3, -0.25) is 4.98 Å². The van der Waals surface area contributed by atoms with Gasteiger partial charge in [0.2, 0.25) is 0 Å². The second kappa shape index (κ2) is 6.87. The first-order valence-electron chi connectivity index (χ1n) is 7.49. The van der Waals surface area contributed by atoms with Gasteiger partial charge in [-0.1, -0.05) is 25.6 Å². The van der Waals surface area contributed by atoms with E-state index in [2.05, 4.69) is 23.8 Å². The number of imidazole rings is 1. The molecule has 5 heteroatoms. The Morgan fingerprint density at radius 1 is 1.00 bits per heavy atom. The molecule has 3 rings (SSSR count). The molecule has 0 aliphatic rings. The standard InChI is InChI=1S/C18H19N3OS/c1-12(2)23-18-20-16(13-4-6-15(22-3)7-5-13)17(21-18)14-8-10-19-11-9-14/h4-12H,1-3H3,(H,20,21). The topological polar surface area (TPSA) is 50.8 Å². The van der Waals surface area contributed by atoms with Gasteiger partial charge >= 0.3 is 0 Å². The molecule has 0 amide bonds. The molecule has 23 heavy (non-hydrogen) atoms. The highest BCUT2D eigenvalue weighted by atomic mass is 32.2. The number of ether oxygens (including phenoxy) is 1. The lowest BCUT2D eigenvalue weighted by Crippen LogP contribution is -1.87. The Morgan fingerprint density at radius 2 is 1.70 bits per heavy atom. The van der Waals surface area contributed by atoms with Crippen molar-refractivity contribution in [2.75, 3.05) is 7.11 Å². The molecule has 0 saturated carbocycles. The minimum Gasteiger partial charge on any atom is -0.497 e. The molecule has 0 spiro atoms. The highest BCUT2D eigenvalue weighted by molar-refractivity contribution is 7.99. The lowest BCUT2D eigenvalue weighted by molar-refractivity contribution is 0.415. The number of hydrogen-bond acceptors (Lipinski definition) is 4. The van der Waals surface area contributed by atoms with Gasteiger partial charge in [0.15, 0.2) is 5.16 Å². The molecule has 0 fully saturated rings. The van der Waals surface area contributed by atoms with Crippen molar-refractivity contribution in [2.24, 2.45) is 0 Å². The van der Waals surface area contributed by atoms with E-state index in [0.29, 0.717) is 5.25 Å². The molecular weight excluding hydrogens is 306 g/mol. The fraction of sp³-hybridized carbons (Fsp3) is 0.222. The number of benzene rings is 1. The molecule has 0 atom stereocenters. The van der Waals surface area contributed by atoms with E-state index < -0.39 is 0 Å². The maximum Gasteiger partial charge on any atom is 0.166 e. The van der Waals surface area contributed by atoms with E-state index in [1.165, 1.54) is 0 Å². The SMILES string of the molecule is COc1ccc(-c2nc(SC(C)C)[nH]c2-c2ccncc2)cc1. The number of H-pyrrole nitrogens is 1. The van der Waals surface area contributed by atoms with Crippen molar-refractivity contribution >= 4 is 11.8 Å². The van der Waals surface area contributed by atoms with Crippen molar-refractivity contribution in [3.8, 4) is 28.3 Å². The first kappa shape index (κ1) is 15.6. The van der Waals surface area contributed by atoms with Gasteiger partial charge in [0.25, 0.3) is 0 Å². The number of methoxy groups -OCH3 is 1. The van der Waals surface area contributed by atoms with Crippen LogP contribution >= 0.6 is 11.8 Å². The average Bonchev–Trinajstić information content (AvgIpc) is 2.99. The third-order valence-electron chi connectivity index (χ3n) is 3.36. The largest absolute Gasteiger partial charge is 0.497 e. The number of aromatic nitrogens is 3. The molecule has 4 nitrogen and oxygen atoms in total. The third-order valence-corrected chi connectivity index (χ3v) is 4.25. The van der Waals surface area contributed by atoms with E-state index in [4.69, 9.17) is 9.72 Å². The quantitative estimate of drug-likeness (QED) is 0.694. The zero-order valence-electron chi connectivity index (χ0n) is 13.4. The van der Waals surface area contributed by atoms with Crippen LogP contribution in [0.1, 0.15) is 13.8 Å². The second-order valence-corrected chi connectivity index (χ2v) is 6.96. The summed E-state index contributed by atoms with van der Waals surface area (Å²) in [5.41, 5.74) is 4.10. The average molecular weight is 325 g/mol. The maximum absolute atomic E-state index is 5.24. The van der Waals surface area contributed by atoms with E-state index >= 15 is 0 Å². The van der Waals surface area contributed by atoms with Crippen LogP contribution in [0.4, 0.5) is 0 Å². The zero-order chi connectivity index (χ0) is 16.2. The van der Waals surface area contributed by atoms with Crippen LogP contribution in [-0.2, 0) is 0 Å². The Balaban J connectivity index is 2.07. The Kier molecular flexibility index (Phi) is 4.67. The summed E-state index contributed by atoms with van der Waals surface area (Å²) < 4.78 is 5.24. The molecule has 0 saturated heterocycles. The molecule has 0 radical (unpaired) electrons. The monoisotopic (exact) mass is 325 g/mol. The van der Waals surface area contributed by atoms with Gasteiger partial charge < -0.3 is 9.72 Å². The van der Waals surface area contributed by atoms with E-state index in [-0.39, 0.29) is 0 Å². The molecule has 0 bridgehead atoms. The Bertz CT molecular complexity index is 767. The summed E-state index contributed by atoms with van der Waals surface area (Å²) in [5.74, 6) is 0.839. The number of thioether (sulfide) groups is 1. The molecule has 1 aromatic carbocycles. The van der Waals surface area contributed by atoms with Crippen LogP contribution < -0.4 is 4.74 Å². The van der Waals surface area contributed by atoms with Gasteiger partial charge in [-0.05, 0) is 36.4 Å². The minimum atomic E-state index is 0.468. The smallest absolute Gasteiger partial charge is 0.166 e. The predicted molar refractivity (Wildman–Crippen MR) is 94.8 cm³/mol. The maximum atomic E-state index is 5.24. The number of rotatable bonds is 5. The summed E-state index contributed by atoms with van der Waals surface area (Å²) in [6, 6.07) is 12.0. The van der Waals surface area contributed by atoms with Crippen molar-refractivity contribution < 1.29 is 4.74 Å². The minimum absolute atomic E-state index is 0.468. The fourth-order valence-corrected chi connectivity index (χ4v) is 3.07. The van der Waals surface area contributed by atoms with Crippen LogP contribution in [0.2, 0.25) is 0 Å². The summed E-state index contributed by atoms with van der Waals surface area (Å²) >= 11 is 1.72. The van der Waals surface area contributed by atoms with E-state index in [0.717, 1.165) is 33.4 Å². The van der Waals surface area contributed by atoms with Crippen LogP contribution in [-0.4, -0.2) is 27.3 Å². The van der Waals surface area contributed by atoms with Crippen molar-refractivity contribution in [2.45, 2.75) is 24.3 Å². The van der Waals surface area contributed by atoms with Gasteiger partial charge in [0.1, 0.15) is 5.75 Å². The number of hydrogen-bond donors (Lipinski definition) is 1. The molecule has 2 heterocycles. The van der Waals surface area contributed by atoms with E-state index in [1.54, 1.807) is 31.3 Å². The molecule has 0 unspecified atom stereocenters. The molecule has 3 aromatic rings. The van der Waals surface area contributed by atoms with Crippen LogP contribution in [0.3, 0.4) is 0 Å². The molecule has 2 aromatic heterocycles. The van der Waals surface area contributed by atoms with Crippen LogP contribution in [0.15, 0.2) is 53.9 Å². The van der Waals surface area contributed by atoms with Gasteiger partial charge in [0, 0.05) is 28.8 Å². The molecular formula is C18H19N3OS. The third kappa shape index (κ3) is 3.56. The Morgan fingerprint density at radius 3 is 2.30 bits per heavy atom. The number of nitrogens with one attached hydrogen (secondary N) is 1. The number of pyridine rings is 1. The summed E-state index contributed by atoms with van der Waals surface area (Å²) in [4.78, 5) is 12.3. The van der Waals surface area contributed by atoms with Gasteiger partial charge in [-0.2, -0.15) is 0 Å². The highest BCUT2D eigenvalue weighted by Crippen LogP contribution is 2.34. The van der Waals surface area contributed by atoms with E-state index in [1.807, 2.05) is 36.4 Å². The molecule has 0 aliphatic heterocycles. The first-order chi connectivity index (χ1) is 11.2. The van der Waals surface area contributed by atoms with Crippen LogP contribution in [0, 0.1) is 0 Å². The summed E-state index contributed by atoms with van der Waals surface area (Å²) in [7, 11) is 1.67. The van der Waals surface area contributed by atoms with E-state index in [9.17, 15) is 0 Å². The lowest BCUT2D eigenvalue weighted by Gasteiger charge is -2.04. The summed E-state index contributed by atoms with van der Waals surface area (Å²) in [6.07, 6.45) is 3.59. The molecule has 118 valence electrons. The normalized spacial score (nSPS) is 11.0. The number of aromatic amines is 1. The second-order valence-electron chi connectivity index (χ2n) is 5.40. The van der Waals surface area contributed by atoms with Crippen molar-refractivity contribution in [1.82, 2.24) is 15.0 Å². The van der Waals surface area contributed by atoms with Crippen molar-refractivity contribution in [3.05, 3.63) is 48.8 Å². The summed E-state index contributed by atoms with van der Waals surface area (Å²) in [6.45, 7) is 4.32. The van der Waals surface area contributed by atoms with Crippen LogP contribution in [0.25, 0.3) is 22.5 Å². The lowest BCUT2D eigenvalue weighted by atomic mass is 10.1. The van der Waals surface area contributed by atoms with Crippen molar-refractivity contribution in [3.63, 3.8) is 0 Å². The zero-order valence-corrected chi connectivity index (χ0v) is 14.2. The van der Waals surface area contributed by atoms with Crippen molar-refractivity contribution in [1.29, 1.82) is 0 Å². The summed E-state index contributed by atoms with van der Waals surface area (Å²) in [5, 5.41) is 1.40. The number of nitrogens with zero attached hydrogens (tertiary/aromatic N) is 2. The van der Waals surface area contributed by atoms with Gasteiger partial charge in [0.05, 0.1) is 18.5 Å². The fourth-order valence-electron chi connectivity index (χ4n) is 2.32. The first-order valence-corrected chi connectivity index (χ1v) is 8.37.